The molecular weight excluding hydrogens is 360 g/mol. The number of Topliss-reactive ketones (excluding diaryl/α,β-unsaturated/α-hetero) is 1. The number of ether oxygens (including phenoxy) is 2. The molecule has 0 spiro atoms. The van der Waals surface area contributed by atoms with Gasteiger partial charge in [0.1, 0.15) is 18.1 Å². The van der Waals surface area contributed by atoms with Gasteiger partial charge >= 0.3 is 12.6 Å². The lowest BCUT2D eigenvalue weighted by atomic mass is 10.2. The minimum Gasteiger partial charge on any atom is -0.457 e. The molecule has 2 aromatic heterocycles. The van der Waals surface area contributed by atoms with Crippen molar-refractivity contribution in [3.05, 3.63) is 53.6 Å². The summed E-state index contributed by atoms with van der Waals surface area (Å²) >= 11 is 0. The molecule has 0 atom stereocenters. The maximum absolute atomic E-state index is 12.5. The summed E-state index contributed by atoms with van der Waals surface area (Å²) in [4.78, 5) is 19.0. The maximum Gasteiger partial charge on any atom is 0.387 e. The molecule has 140 valence electrons. The van der Waals surface area contributed by atoms with E-state index in [0.717, 1.165) is 0 Å². The number of hydrogen-bond acceptors (Lipinski definition) is 7. The van der Waals surface area contributed by atoms with Crippen LogP contribution in [0.2, 0.25) is 0 Å². The van der Waals surface area contributed by atoms with Crippen LogP contribution in [0.25, 0.3) is 5.69 Å². The van der Waals surface area contributed by atoms with Gasteiger partial charge in [0.15, 0.2) is 5.78 Å². The first kappa shape index (κ1) is 18.4. The molecule has 0 aliphatic rings. The van der Waals surface area contributed by atoms with Crippen LogP contribution >= 0.6 is 0 Å². The van der Waals surface area contributed by atoms with Crippen LogP contribution in [0.3, 0.4) is 0 Å². The average molecular weight is 375 g/mol. The normalized spacial score (nSPS) is 10.9. The second-order valence-electron chi connectivity index (χ2n) is 5.58. The second-order valence-corrected chi connectivity index (χ2v) is 5.58. The standard InChI is InChI=1S/C17H15F2N5O3/c1-10-3-4-14(5-15(10)27-16(18)19)24-8-13(22-23-24)9-26-17-20-6-12(7-21-17)11(2)25/h3-8,16H,9H2,1-2H3. The number of ketones is 1. The third-order valence-corrected chi connectivity index (χ3v) is 3.58. The molecule has 0 unspecified atom stereocenters. The van der Waals surface area contributed by atoms with Gasteiger partial charge in [-0.25, -0.2) is 14.6 Å². The molecule has 27 heavy (non-hydrogen) atoms. The van der Waals surface area contributed by atoms with Crippen LogP contribution in [0.15, 0.2) is 36.8 Å². The predicted octanol–water partition coefficient (Wildman–Crippen LogP) is 2.75. The van der Waals surface area contributed by atoms with Crippen molar-refractivity contribution in [2.75, 3.05) is 0 Å². The van der Waals surface area contributed by atoms with E-state index in [0.29, 0.717) is 22.5 Å². The van der Waals surface area contributed by atoms with Crippen LogP contribution in [0.1, 0.15) is 28.5 Å². The molecule has 0 radical (unpaired) electrons. The summed E-state index contributed by atoms with van der Waals surface area (Å²) < 4.78 is 36.2. The summed E-state index contributed by atoms with van der Waals surface area (Å²) in [5, 5.41) is 7.90. The third kappa shape index (κ3) is 4.60. The zero-order valence-corrected chi connectivity index (χ0v) is 14.5. The molecule has 0 amide bonds. The molecule has 0 fully saturated rings. The number of carbonyl (C=O) groups excluding carboxylic acids is 1. The van der Waals surface area contributed by atoms with Gasteiger partial charge in [-0.3, -0.25) is 4.79 Å². The lowest BCUT2D eigenvalue weighted by molar-refractivity contribution is -0.0502. The van der Waals surface area contributed by atoms with E-state index in [1.54, 1.807) is 25.3 Å². The largest absolute Gasteiger partial charge is 0.457 e. The monoisotopic (exact) mass is 375 g/mol. The number of benzene rings is 1. The highest BCUT2D eigenvalue weighted by molar-refractivity contribution is 5.93. The predicted molar refractivity (Wildman–Crippen MR) is 89.1 cm³/mol. The maximum atomic E-state index is 12.5. The van der Waals surface area contributed by atoms with Crippen LogP contribution < -0.4 is 9.47 Å². The van der Waals surface area contributed by atoms with Crippen LogP contribution in [-0.2, 0) is 6.61 Å². The minimum atomic E-state index is -2.91. The van der Waals surface area contributed by atoms with Gasteiger partial charge in [0.25, 0.3) is 0 Å². The van der Waals surface area contributed by atoms with Crippen molar-refractivity contribution in [2.45, 2.75) is 27.1 Å². The van der Waals surface area contributed by atoms with E-state index in [9.17, 15) is 13.6 Å². The van der Waals surface area contributed by atoms with Crippen LogP contribution in [0, 0.1) is 6.92 Å². The summed E-state index contributed by atoms with van der Waals surface area (Å²) in [7, 11) is 0. The Morgan fingerprint density at radius 1 is 1.26 bits per heavy atom. The third-order valence-electron chi connectivity index (χ3n) is 3.58. The minimum absolute atomic E-state index is 0.0473. The fourth-order valence-electron chi connectivity index (χ4n) is 2.16. The number of rotatable bonds is 7. The van der Waals surface area contributed by atoms with Crippen LogP contribution in [-0.4, -0.2) is 37.4 Å². The Balaban J connectivity index is 1.68. The van der Waals surface area contributed by atoms with Gasteiger partial charge in [0.2, 0.25) is 0 Å². The van der Waals surface area contributed by atoms with Crippen molar-refractivity contribution >= 4 is 5.78 Å². The molecule has 1 aromatic carbocycles. The Bertz CT molecular complexity index is 944. The number of hydrogen-bond donors (Lipinski definition) is 0. The van der Waals surface area contributed by atoms with Crippen molar-refractivity contribution in [1.29, 1.82) is 0 Å². The van der Waals surface area contributed by atoms with Crippen molar-refractivity contribution in [1.82, 2.24) is 25.0 Å². The fourth-order valence-corrected chi connectivity index (χ4v) is 2.16. The molecule has 0 aliphatic carbocycles. The molecule has 3 aromatic rings. The average Bonchev–Trinajstić information content (AvgIpc) is 3.11. The molecule has 8 nitrogen and oxygen atoms in total. The number of halogens is 2. The molecule has 0 saturated heterocycles. The summed E-state index contributed by atoms with van der Waals surface area (Å²) in [6, 6.07) is 4.90. The van der Waals surface area contributed by atoms with Gasteiger partial charge in [0, 0.05) is 18.5 Å². The Morgan fingerprint density at radius 3 is 2.67 bits per heavy atom. The molecule has 0 bridgehead atoms. The first-order chi connectivity index (χ1) is 12.9. The highest BCUT2D eigenvalue weighted by Gasteiger charge is 2.11. The lowest BCUT2D eigenvalue weighted by Crippen LogP contribution is -2.04. The van der Waals surface area contributed by atoms with Crippen molar-refractivity contribution in [3.8, 4) is 17.4 Å². The highest BCUT2D eigenvalue weighted by atomic mass is 19.3. The van der Waals surface area contributed by atoms with Crippen LogP contribution in [0.5, 0.6) is 11.8 Å². The topological polar surface area (TPSA) is 92.0 Å². The molecule has 3 rings (SSSR count). The summed E-state index contributed by atoms with van der Waals surface area (Å²) in [6.45, 7) is 0.221. The number of alkyl halides is 2. The summed E-state index contributed by atoms with van der Waals surface area (Å²) in [5.74, 6) is -0.0763. The highest BCUT2D eigenvalue weighted by Crippen LogP contribution is 2.23. The van der Waals surface area contributed by atoms with Gasteiger partial charge in [-0.1, -0.05) is 11.3 Å². The Hall–Kier alpha value is -3.43. The number of carbonyl (C=O) groups is 1. The first-order valence-corrected chi connectivity index (χ1v) is 7.85. The van der Waals surface area contributed by atoms with E-state index in [1.165, 1.54) is 30.1 Å². The number of nitrogens with zero attached hydrogens (tertiary/aromatic N) is 5. The summed E-state index contributed by atoms with van der Waals surface area (Å²) in [5.41, 5.74) is 1.95. The van der Waals surface area contributed by atoms with Crippen molar-refractivity contribution < 1.29 is 23.0 Å². The van der Waals surface area contributed by atoms with E-state index >= 15 is 0 Å². The number of aromatic nitrogens is 5. The van der Waals surface area contributed by atoms with E-state index in [-0.39, 0.29) is 24.2 Å². The quantitative estimate of drug-likeness (QED) is 0.586. The fraction of sp³-hybridized carbons (Fsp3) is 0.235. The SMILES string of the molecule is CC(=O)c1cnc(OCc2cn(-c3ccc(C)c(OC(F)F)c3)nn2)nc1. The van der Waals surface area contributed by atoms with Crippen molar-refractivity contribution in [2.24, 2.45) is 0 Å². The molecule has 2 heterocycles. The van der Waals surface area contributed by atoms with E-state index in [1.807, 2.05) is 0 Å². The molecule has 0 aliphatic heterocycles. The molecule has 10 heteroatoms. The van der Waals surface area contributed by atoms with E-state index in [4.69, 9.17) is 4.74 Å². The van der Waals surface area contributed by atoms with E-state index in [2.05, 4.69) is 25.0 Å². The van der Waals surface area contributed by atoms with Gasteiger partial charge in [-0.15, -0.1) is 5.10 Å². The second kappa shape index (κ2) is 7.85. The Morgan fingerprint density at radius 2 is 2.00 bits per heavy atom. The van der Waals surface area contributed by atoms with Gasteiger partial charge in [-0.05, 0) is 25.5 Å². The van der Waals surface area contributed by atoms with E-state index < -0.39 is 6.61 Å². The molecule has 0 saturated carbocycles. The number of aryl methyl sites for hydroxylation is 1. The Kier molecular flexibility index (Phi) is 5.34. The smallest absolute Gasteiger partial charge is 0.387 e. The molecular formula is C17H15F2N5O3. The van der Waals surface area contributed by atoms with Crippen LogP contribution in [0.4, 0.5) is 8.78 Å². The van der Waals surface area contributed by atoms with Gasteiger partial charge in [-0.2, -0.15) is 8.78 Å². The first-order valence-electron chi connectivity index (χ1n) is 7.85. The van der Waals surface area contributed by atoms with Gasteiger partial charge < -0.3 is 9.47 Å². The lowest BCUT2D eigenvalue weighted by Gasteiger charge is -2.09. The zero-order chi connectivity index (χ0) is 19.4. The van der Waals surface area contributed by atoms with Gasteiger partial charge in [0.05, 0.1) is 17.4 Å². The zero-order valence-electron chi connectivity index (χ0n) is 14.5. The molecule has 0 N–H and O–H groups in total. The van der Waals surface area contributed by atoms with Crippen molar-refractivity contribution in [3.63, 3.8) is 0 Å². The summed E-state index contributed by atoms with van der Waals surface area (Å²) in [6.07, 6.45) is 4.33. The Labute approximate surface area is 152 Å².